The van der Waals surface area contributed by atoms with Crippen LogP contribution in [0.15, 0.2) is 4.99 Å². The molecule has 0 atom stereocenters. The maximum Gasteiger partial charge on any atom is 0.214 e. The summed E-state index contributed by atoms with van der Waals surface area (Å²) in [5.74, 6) is 0.950. The Morgan fingerprint density at radius 2 is 1.88 bits per heavy atom. The monoisotopic (exact) mass is 374 g/mol. The van der Waals surface area contributed by atoms with Gasteiger partial charge in [-0.25, -0.2) is 12.7 Å². The van der Waals surface area contributed by atoms with Crippen molar-refractivity contribution >= 4 is 16.0 Å². The molecule has 2 aliphatic rings. The SMILES string of the molecule is CCCS(=O)(=O)N1CCC(NC(=NCC2(O)CCCC2)NCC)CC1. The lowest BCUT2D eigenvalue weighted by Crippen LogP contribution is -2.50. The number of sulfonamides is 1. The molecule has 1 saturated carbocycles. The van der Waals surface area contributed by atoms with Crippen molar-refractivity contribution in [1.82, 2.24) is 14.9 Å². The number of guanidine groups is 1. The molecule has 0 amide bonds. The van der Waals surface area contributed by atoms with Crippen LogP contribution in [0.1, 0.15) is 58.8 Å². The Morgan fingerprint density at radius 1 is 1.24 bits per heavy atom. The summed E-state index contributed by atoms with van der Waals surface area (Å²) in [7, 11) is -3.10. The van der Waals surface area contributed by atoms with E-state index >= 15 is 0 Å². The Kier molecular flexibility index (Phi) is 7.51. The number of hydrogen-bond donors (Lipinski definition) is 3. The second-order valence-electron chi connectivity index (χ2n) is 7.26. The number of rotatable bonds is 7. The topological polar surface area (TPSA) is 94.0 Å². The lowest BCUT2D eigenvalue weighted by Gasteiger charge is -2.32. The molecule has 0 aromatic heterocycles. The highest BCUT2D eigenvalue weighted by atomic mass is 32.2. The summed E-state index contributed by atoms with van der Waals surface area (Å²) in [4.78, 5) is 4.57. The first kappa shape index (κ1) is 20.5. The summed E-state index contributed by atoms with van der Waals surface area (Å²) in [6.45, 7) is 6.21. The van der Waals surface area contributed by atoms with E-state index in [0.717, 1.165) is 51.0 Å². The van der Waals surface area contributed by atoms with Gasteiger partial charge in [-0.2, -0.15) is 0 Å². The maximum absolute atomic E-state index is 12.1. The Morgan fingerprint density at radius 3 is 2.44 bits per heavy atom. The van der Waals surface area contributed by atoms with Crippen LogP contribution in [0.4, 0.5) is 0 Å². The number of piperidine rings is 1. The van der Waals surface area contributed by atoms with E-state index in [0.29, 0.717) is 26.1 Å². The van der Waals surface area contributed by atoms with Crippen molar-refractivity contribution in [3.8, 4) is 0 Å². The van der Waals surface area contributed by atoms with Crippen LogP contribution < -0.4 is 10.6 Å². The van der Waals surface area contributed by atoms with Crippen molar-refractivity contribution in [3.05, 3.63) is 0 Å². The molecule has 0 bridgehead atoms. The molecule has 8 heteroatoms. The lowest BCUT2D eigenvalue weighted by atomic mass is 10.0. The molecule has 1 saturated heterocycles. The maximum atomic E-state index is 12.1. The minimum atomic E-state index is -3.10. The summed E-state index contributed by atoms with van der Waals surface area (Å²) in [6, 6.07) is 0.212. The minimum Gasteiger partial charge on any atom is -0.388 e. The third-order valence-electron chi connectivity index (χ3n) is 5.06. The highest BCUT2D eigenvalue weighted by Gasteiger charge is 2.31. The van der Waals surface area contributed by atoms with Gasteiger partial charge in [0.25, 0.3) is 0 Å². The van der Waals surface area contributed by atoms with E-state index in [1.165, 1.54) is 0 Å². The Hall–Kier alpha value is -0.860. The predicted molar refractivity (Wildman–Crippen MR) is 101 cm³/mol. The second-order valence-corrected chi connectivity index (χ2v) is 9.35. The van der Waals surface area contributed by atoms with Gasteiger partial charge in [-0.15, -0.1) is 0 Å². The molecule has 7 nitrogen and oxygen atoms in total. The average molecular weight is 375 g/mol. The fourth-order valence-electron chi connectivity index (χ4n) is 3.60. The fraction of sp³-hybridized carbons (Fsp3) is 0.941. The molecular formula is C17H34N4O3S. The van der Waals surface area contributed by atoms with Crippen LogP contribution in [-0.4, -0.2) is 67.4 Å². The van der Waals surface area contributed by atoms with Gasteiger partial charge in [-0.3, -0.25) is 4.99 Å². The molecular weight excluding hydrogens is 340 g/mol. The molecule has 2 rings (SSSR count). The molecule has 0 aromatic carbocycles. The van der Waals surface area contributed by atoms with Gasteiger partial charge in [0.05, 0.1) is 17.9 Å². The lowest BCUT2D eigenvalue weighted by molar-refractivity contribution is 0.0574. The van der Waals surface area contributed by atoms with E-state index < -0.39 is 15.6 Å². The van der Waals surface area contributed by atoms with Crippen molar-refractivity contribution in [1.29, 1.82) is 0 Å². The molecule has 25 heavy (non-hydrogen) atoms. The van der Waals surface area contributed by atoms with Gasteiger partial charge < -0.3 is 15.7 Å². The quantitative estimate of drug-likeness (QED) is 0.457. The number of aliphatic hydroxyl groups is 1. The summed E-state index contributed by atoms with van der Waals surface area (Å²) >= 11 is 0. The number of aliphatic imine (C=N–C) groups is 1. The zero-order chi connectivity index (χ0) is 18.3. The molecule has 3 N–H and O–H groups in total. The smallest absolute Gasteiger partial charge is 0.214 e. The molecule has 1 heterocycles. The van der Waals surface area contributed by atoms with E-state index in [2.05, 4.69) is 15.6 Å². The van der Waals surface area contributed by atoms with Gasteiger partial charge >= 0.3 is 0 Å². The zero-order valence-electron chi connectivity index (χ0n) is 15.6. The van der Waals surface area contributed by atoms with Crippen molar-refractivity contribution in [2.75, 3.05) is 31.9 Å². The normalized spacial score (nSPS) is 22.9. The highest BCUT2D eigenvalue weighted by Crippen LogP contribution is 2.29. The summed E-state index contributed by atoms with van der Waals surface area (Å²) in [5, 5.41) is 17.1. The number of nitrogens with one attached hydrogen (secondary N) is 2. The van der Waals surface area contributed by atoms with Crippen molar-refractivity contribution in [2.45, 2.75) is 70.4 Å². The van der Waals surface area contributed by atoms with Crippen LogP contribution in [0.25, 0.3) is 0 Å². The van der Waals surface area contributed by atoms with Crippen molar-refractivity contribution in [2.24, 2.45) is 4.99 Å². The zero-order valence-corrected chi connectivity index (χ0v) is 16.4. The molecule has 146 valence electrons. The Balaban J connectivity index is 1.86. The van der Waals surface area contributed by atoms with Crippen LogP contribution in [0.3, 0.4) is 0 Å². The molecule has 2 fully saturated rings. The number of hydrogen-bond acceptors (Lipinski definition) is 4. The summed E-state index contributed by atoms with van der Waals surface area (Å²) < 4.78 is 25.9. The van der Waals surface area contributed by atoms with Gasteiger partial charge in [0, 0.05) is 25.7 Å². The standard InChI is InChI=1S/C17H34N4O3S/c1-3-13-25(23,24)21-11-7-15(8-12-21)20-16(18-4-2)19-14-17(22)9-5-6-10-17/h15,22H,3-14H2,1-2H3,(H2,18,19,20). The fourth-order valence-corrected chi connectivity index (χ4v) is 5.14. The van der Waals surface area contributed by atoms with Gasteiger partial charge in [-0.05, 0) is 39.0 Å². The number of nitrogens with zero attached hydrogens (tertiary/aromatic N) is 2. The van der Waals surface area contributed by atoms with E-state index in [1.807, 2.05) is 13.8 Å². The molecule has 0 unspecified atom stereocenters. The predicted octanol–water partition coefficient (Wildman–Crippen LogP) is 1.05. The first-order valence-electron chi connectivity index (χ1n) is 9.63. The molecule has 1 aliphatic carbocycles. The van der Waals surface area contributed by atoms with Crippen LogP contribution >= 0.6 is 0 Å². The Labute approximate surface area is 152 Å². The third-order valence-corrected chi connectivity index (χ3v) is 7.14. The second kappa shape index (κ2) is 9.19. The average Bonchev–Trinajstić information content (AvgIpc) is 3.00. The highest BCUT2D eigenvalue weighted by molar-refractivity contribution is 7.89. The first-order chi connectivity index (χ1) is 11.9. The van der Waals surface area contributed by atoms with Gasteiger partial charge in [0.2, 0.25) is 10.0 Å². The third kappa shape index (κ3) is 6.11. The Bertz CT molecular complexity index is 536. The summed E-state index contributed by atoms with van der Waals surface area (Å²) in [5.41, 5.74) is -0.653. The van der Waals surface area contributed by atoms with Gasteiger partial charge in [0.1, 0.15) is 0 Å². The van der Waals surface area contributed by atoms with E-state index in [9.17, 15) is 13.5 Å². The summed E-state index contributed by atoms with van der Waals surface area (Å²) in [6.07, 6.45) is 5.99. The van der Waals surface area contributed by atoms with Crippen molar-refractivity contribution < 1.29 is 13.5 Å². The van der Waals surface area contributed by atoms with Gasteiger partial charge in [0.15, 0.2) is 5.96 Å². The molecule has 0 aromatic rings. The van der Waals surface area contributed by atoms with E-state index in [1.54, 1.807) is 4.31 Å². The first-order valence-corrected chi connectivity index (χ1v) is 11.2. The van der Waals surface area contributed by atoms with Crippen LogP contribution in [0, 0.1) is 0 Å². The van der Waals surface area contributed by atoms with Crippen LogP contribution in [-0.2, 0) is 10.0 Å². The van der Waals surface area contributed by atoms with E-state index in [4.69, 9.17) is 0 Å². The molecule has 0 radical (unpaired) electrons. The van der Waals surface area contributed by atoms with E-state index in [-0.39, 0.29) is 11.8 Å². The molecule has 1 aliphatic heterocycles. The largest absolute Gasteiger partial charge is 0.388 e. The minimum absolute atomic E-state index is 0.212. The van der Waals surface area contributed by atoms with Gasteiger partial charge in [-0.1, -0.05) is 19.8 Å². The van der Waals surface area contributed by atoms with Crippen molar-refractivity contribution in [3.63, 3.8) is 0 Å². The van der Waals surface area contributed by atoms with Crippen LogP contribution in [0.5, 0.6) is 0 Å². The molecule has 0 spiro atoms. The van der Waals surface area contributed by atoms with Crippen LogP contribution in [0.2, 0.25) is 0 Å².